The summed E-state index contributed by atoms with van der Waals surface area (Å²) >= 11 is 12.0. The van der Waals surface area contributed by atoms with Gasteiger partial charge >= 0.3 is 0 Å². The van der Waals surface area contributed by atoms with E-state index in [0.29, 0.717) is 15.8 Å². The number of ether oxygens (including phenoxy) is 1. The van der Waals surface area contributed by atoms with Crippen LogP contribution in [0.5, 0.6) is 5.75 Å². The predicted molar refractivity (Wildman–Crippen MR) is 111 cm³/mol. The van der Waals surface area contributed by atoms with Gasteiger partial charge in [0.15, 0.2) is 6.10 Å². The summed E-state index contributed by atoms with van der Waals surface area (Å²) in [5, 5.41) is 5.36. The minimum Gasteiger partial charge on any atom is -0.479 e. The van der Waals surface area contributed by atoms with Crippen molar-refractivity contribution < 1.29 is 9.53 Å². The molecule has 2 rings (SSSR count). The Hall–Kier alpha value is -1.52. The Morgan fingerprint density at radius 3 is 2.56 bits per heavy atom. The Morgan fingerprint density at radius 2 is 1.89 bits per heavy atom. The van der Waals surface area contributed by atoms with Crippen molar-refractivity contribution in [2.45, 2.75) is 72.3 Å². The molecule has 6 heteroatoms. The minimum absolute atomic E-state index is 0.209. The minimum atomic E-state index is -0.709. The molecule has 1 heterocycles. The molecular weight excluding hydrogens is 383 g/mol. The molecule has 1 aromatic heterocycles. The largest absolute Gasteiger partial charge is 0.479 e. The first kappa shape index (κ1) is 21.8. The molecule has 27 heavy (non-hydrogen) atoms. The molecule has 0 spiro atoms. The lowest BCUT2D eigenvalue weighted by Gasteiger charge is -2.15. The molecule has 0 fully saturated rings. The van der Waals surface area contributed by atoms with Crippen LogP contribution in [0.2, 0.25) is 10.0 Å². The maximum absolute atomic E-state index is 12.8. The van der Waals surface area contributed by atoms with E-state index in [0.717, 1.165) is 29.8 Å². The van der Waals surface area contributed by atoms with Gasteiger partial charge in [-0.05, 0) is 57.4 Å². The highest BCUT2D eigenvalue weighted by Gasteiger charge is 2.23. The van der Waals surface area contributed by atoms with Crippen molar-refractivity contribution in [3.63, 3.8) is 0 Å². The van der Waals surface area contributed by atoms with Crippen molar-refractivity contribution in [3.05, 3.63) is 45.2 Å². The lowest BCUT2D eigenvalue weighted by molar-refractivity contribution is 0.0707. The zero-order valence-corrected chi connectivity index (χ0v) is 18.0. The normalized spacial score (nSPS) is 12.2. The van der Waals surface area contributed by atoms with Crippen LogP contribution in [0.3, 0.4) is 0 Å². The van der Waals surface area contributed by atoms with E-state index in [-0.39, 0.29) is 5.91 Å². The monoisotopic (exact) mass is 410 g/mol. The molecule has 2 aromatic rings. The number of benzene rings is 1. The van der Waals surface area contributed by atoms with Gasteiger partial charge in [0, 0.05) is 10.7 Å². The van der Waals surface area contributed by atoms with E-state index < -0.39 is 6.10 Å². The topological polar surface area (TPSA) is 44.1 Å². The molecule has 0 aliphatic heterocycles. The molecule has 0 saturated heterocycles. The molecular formula is C21H28Cl2N2O2. The van der Waals surface area contributed by atoms with E-state index in [4.69, 9.17) is 27.9 Å². The fraction of sp³-hybridized carbons (Fsp3) is 0.524. The van der Waals surface area contributed by atoms with Gasteiger partial charge in [-0.2, -0.15) is 5.10 Å². The second-order valence-electron chi connectivity index (χ2n) is 6.90. The van der Waals surface area contributed by atoms with E-state index >= 15 is 0 Å². The molecule has 0 aliphatic rings. The number of carbonyl (C=O) groups is 1. The molecule has 4 nitrogen and oxygen atoms in total. The number of nitrogens with zero attached hydrogens (tertiary/aromatic N) is 2. The maximum Gasteiger partial charge on any atom is 0.287 e. The second kappa shape index (κ2) is 10.1. The first-order chi connectivity index (χ1) is 12.8. The smallest absolute Gasteiger partial charge is 0.287 e. The Morgan fingerprint density at radius 1 is 1.19 bits per heavy atom. The number of hydrogen-bond acceptors (Lipinski definition) is 3. The summed E-state index contributed by atoms with van der Waals surface area (Å²) in [6.45, 7) is 7.82. The summed E-state index contributed by atoms with van der Waals surface area (Å²) in [6.07, 6.45) is 6.34. The highest BCUT2D eigenvalue weighted by Crippen LogP contribution is 2.28. The number of aromatic nitrogens is 2. The fourth-order valence-electron chi connectivity index (χ4n) is 3.14. The summed E-state index contributed by atoms with van der Waals surface area (Å²) in [5.41, 5.74) is 2.97. The third kappa shape index (κ3) is 5.73. The molecule has 1 atom stereocenters. The molecule has 0 saturated carbocycles. The number of hydrogen-bond donors (Lipinski definition) is 0. The first-order valence-electron chi connectivity index (χ1n) is 9.56. The fourth-order valence-corrected chi connectivity index (χ4v) is 3.59. The molecule has 0 radical (unpaired) electrons. The van der Waals surface area contributed by atoms with Crippen LogP contribution in [0, 0.1) is 13.8 Å². The molecule has 0 aliphatic carbocycles. The highest BCUT2D eigenvalue weighted by molar-refractivity contribution is 6.35. The van der Waals surface area contributed by atoms with Crippen molar-refractivity contribution in [1.29, 1.82) is 0 Å². The van der Waals surface area contributed by atoms with Gasteiger partial charge in [-0.25, -0.2) is 4.68 Å². The van der Waals surface area contributed by atoms with Gasteiger partial charge in [0.1, 0.15) is 5.75 Å². The van der Waals surface area contributed by atoms with Crippen LogP contribution in [-0.4, -0.2) is 21.8 Å². The highest BCUT2D eigenvalue weighted by atomic mass is 35.5. The lowest BCUT2D eigenvalue weighted by atomic mass is 10.0. The van der Waals surface area contributed by atoms with Crippen LogP contribution in [0.25, 0.3) is 0 Å². The molecule has 0 bridgehead atoms. The van der Waals surface area contributed by atoms with Gasteiger partial charge in [-0.1, -0.05) is 55.8 Å². The van der Waals surface area contributed by atoms with E-state index in [1.165, 1.54) is 30.4 Å². The van der Waals surface area contributed by atoms with Crippen LogP contribution >= 0.6 is 23.2 Å². The molecule has 1 unspecified atom stereocenters. The van der Waals surface area contributed by atoms with Crippen molar-refractivity contribution in [2.24, 2.45) is 0 Å². The number of carbonyl (C=O) groups excluding carboxylic acids is 1. The Kier molecular flexibility index (Phi) is 8.18. The Balaban J connectivity index is 2.06. The predicted octanol–water partition coefficient (Wildman–Crippen LogP) is 6.43. The number of halogens is 2. The van der Waals surface area contributed by atoms with Gasteiger partial charge in [-0.3, -0.25) is 4.79 Å². The summed E-state index contributed by atoms with van der Waals surface area (Å²) < 4.78 is 7.21. The lowest BCUT2D eigenvalue weighted by Crippen LogP contribution is -2.31. The quantitative estimate of drug-likeness (QED) is 0.447. The van der Waals surface area contributed by atoms with E-state index in [9.17, 15) is 4.79 Å². The van der Waals surface area contributed by atoms with Gasteiger partial charge in [-0.15, -0.1) is 0 Å². The van der Waals surface area contributed by atoms with E-state index in [2.05, 4.69) is 12.0 Å². The number of unbranched alkanes of at least 4 members (excludes halogenated alkanes) is 4. The van der Waals surface area contributed by atoms with Crippen LogP contribution in [0.4, 0.5) is 0 Å². The molecule has 0 N–H and O–H groups in total. The summed E-state index contributed by atoms with van der Waals surface area (Å²) in [7, 11) is 0. The van der Waals surface area contributed by atoms with Gasteiger partial charge in [0.05, 0.1) is 10.7 Å². The average Bonchev–Trinajstić information content (AvgIpc) is 2.91. The third-order valence-corrected chi connectivity index (χ3v) is 5.26. The van der Waals surface area contributed by atoms with Crippen molar-refractivity contribution in [1.82, 2.24) is 9.78 Å². The Labute approximate surface area is 171 Å². The SMILES string of the molecule is CCCCCCCc1c(C)nn(C(=O)C(C)Oc2ccc(Cl)cc2Cl)c1C. The van der Waals surface area contributed by atoms with Gasteiger partial charge in [0.2, 0.25) is 0 Å². The van der Waals surface area contributed by atoms with Crippen LogP contribution in [-0.2, 0) is 6.42 Å². The van der Waals surface area contributed by atoms with Crippen LogP contribution in [0.15, 0.2) is 18.2 Å². The van der Waals surface area contributed by atoms with Crippen LogP contribution in [0.1, 0.15) is 67.7 Å². The van der Waals surface area contributed by atoms with Crippen LogP contribution < -0.4 is 4.74 Å². The van der Waals surface area contributed by atoms with Gasteiger partial charge in [0.25, 0.3) is 5.91 Å². The summed E-state index contributed by atoms with van der Waals surface area (Å²) in [4.78, 5) is 12.8. The zero-order chi connectivity index (χ0) is 20.0. The second-order valence-corrected chi connectivity index (χ2v) is 7.74. The molecule has 0 amide bonds. The molecule has 1 aromatic carbocycles. The van der Waals surface area contributed by atoms with Crippen molar-refractivity contribution in [3.8, 4) is 5.75 Å². The third-order valence-electron chi connectivity index (χ3n) is 4.73. The maximum atomic E-state index is 12.8. The number of rotatable bonds is 9. The van der Waals surface area contributed by atoms with E-state index in [1.807, 2.05) is 13.8 Å². The number of aryl methyl sites for hydroxylation is 1. The first-order valence-corrected chi connectivity index (χ1v) is 10.3. The zero-order valence-electron chi connectivity index (χ0n) is 16.5. The van der Waals surface area contributed by atoms with Crippen molar-refractivity contribution >= 4 is 29.1 Å². The summed E-state index contributed by atoms with van der Waals surface area (Å²) in [6, 6.07) is 4.94. The Bertz CT molecular complexity index is 787. The molecule has 148 valence electrons. The summed E-state index contributed by atoms with van der Waals surface area (Å²) in [5.74, 6) is 0.221. The standard InChI is InChI=1S/C21H28Cl2N2O2/c1-5-6-7-8-9-10-18-14(2)24-25(15(18)3)21(26)16(4)27-20-12-11-17(22)13-19(20)23/h11-13,16H,5-10H2,1-4H3. The average molecular weight is 411 g/mol. The van der Waals surface area contributed by atoms with Crippen molar-refractivity contribution in [2.75, 3.05) is 0 Å². The van der Waals surface area contributed by atoms with Gasteiger partial charge < -0.3 is 4.74 Å². The van der Waals surface area contributed by atoms with E-state index in [1.54, 1.807) is 25.1 Å².